The van der Waals surface area contributed by atoms with E-state index < -0.39 is 0 Å². The minimum Gasteiger partial charge on any atom is -0.330 e. The maximum Gasteiger partial charge on any atom is 0.159 e. The number of nitrogens with two attached hydrogens (primary N) is 1. The van der Waals surface area contributed by atoms with Gasteiger partial charge in [0.15, 0.2) is 5.65 Å². The van der Waals surface area contributed by atoms with Gasteiger partial charge in [0.25, 0.3) is 0 Å². The minimum absolute atomic E-state index is 0.676. The smallest absolute Gasteiger partial charge is 0.159 e. The van der Waals surface area contributed by atoms with E-state index in [1.54, 1.807) is 17.0 Å². The fourth-order valence-corrected chi connectivity index (χ4v) is 1.94. The van der Waals surface area contributed by atoms with E-state index in [1.165, 1.54) is 6.33 Å². The number of pyridine rings is 1. The summed E-state index contributed by atoms with van der Waals surface area (Å²) in [6.45, 7) is 0.676. The van der Waals surface area contributed by atoms with Crippen molar-refractivity contribution in [3.05, 3.63) is 42.7 Å². The van der Waals surface area contributed by atoms with Crippen LogP contribution in [0.5, 0.6) is 0 Å². The van der Waals surface area contributed by atoms with Crippen molar-refractivity contribution in [3.63, 3.8) is 0 Å². The minimum atomic E-state index is 0.676. The zero-order chi connectivity index (χ0) is 13.1. The number of fused-ring (bicyclic) bond motifs is 1. The standard InChI is InChI=1S/C13H14N6/c14-4-1-2-11-6-10(3-5-15-11)12-7-13-16-8-18-19(13)9-17-12/h3,5-9H,1-2,4,14H2. The summed E-state index contributed by atoms with van der Waals surface area (Å²) in [6.07, 6.45) is 6.80. The van der Waals surface area contributed by atoms with Crippen molar-refractivity contribution in [1.29, 1.82) is 0 Å². The summed E-state index contributed by atoms with van der Waals surface area (Å²) < 4.78 is 1.64. The largest absolute Gasteiger partial charge is 0.330 e. The maximum absolute atomic E-state index is 5.52. The van der Waals surface area contributed by atoms with Gasteiger partial charge < -0.3 is 5.73 Å². The molecular weight excluding hydrogens is 240 g/mol. The Morgan fingerprint density at radius 2 is 2.11 bits per heavy atom. The first-order valence-corrected chi connectivity index (χ1v) is 6.17. The van der Waals surface area contributed by atoms with Gasteiger partial charge in [-0.15, -0.1) is 0 Å². The predicted octanol–water partition coefficient (Wildman–Crippen LogP) is 1.08. The lowest BCUT2D eigenvalue weighted by atomic mass is 10.1. The molecule has 0 saturated heterocycles. The van der Waals surface area contributed by atoms with E-state index in [-0.39, 0.29) is 0 Å². The van der Waals surface area contributed by atoms with Crippen molar-refractivity contribution in [1.82, 2.24) is 24.6 Å². The molecule has 0 aliphatic heterocycles. The molecule has 3 heterocycles. The Bertz CT molecular complexity index is 690. The molecule has 6 nitrogen and oxygen atoms in total. The summed E-state index contributed by atoms with van der Waals surface area (Å²) in [6, 6.07) is 5.90. The van der Waals surface area contributed by atoms with Crippen LogP contribution in [0, 0.1) is 0 Å². The molecule has 0 aliphatic carbocycles. The molecule has 0 spiro atoms. The van der Waals surface area contributed by atoms with Gasteiger partial charge in [-0.3, -0.25) is 4.98 Å². The molecule has 3 aromatic heterocycles. The van der Waals surface area contributed by atoms with Crippen molar-refractivity contribution in [2.24, 2.45) is 5.73 Å². The third-order valence-electron chi connectivity index (χ3n) is 2.92. The van der Waals surface area contributed by atoms with Crippen LogP contribution in [0.2, 0.25) is 0 Å². The molecule has 0 aliphatic rings. The Labute approximate surface area is 110 Å². The van der Waals surface area contributed by atoms with E-state index in [0.717, 1.165) is 35.4 Å². The SMILES string of the molecule is NCCCc1cc(-c2cc3ncnn3cn2)ccn1. The van der Waals surface area contributed by atoms with Crippen molar-refractivity contribution >= 4 is 5.65 Å². The zero-order valence-electron chi connectivity index (χ0n) is 10.4. The lowest BCUT2D eigenvalue weighted by Crippen LogP contribution is -2.01. The molecule has 0 saturated carbocycles. The molecule has 0 fully saturated rings. The normalized spacial score (nSPS) is 11.0. The number of hydrogen-bond acceptors (Lipinski definition) is 5. The lowest BCUT2D eigenvalue weighted by molar-refractivity contribution is 0.810. The molecule has 6 heteroatoms. The molecule has 0 amide bonds. The number of nitrogens with zero attached hydrogens (tertiary/aromatic N) is 5. The second-order valence-corrected chi connectivity index (χ2v) is 4.27. The van der Waals surface area contributed by atoms with Crippen molar-refractivity contribution in [2.75, 3.05) is 6.54 Å². The average molecular weight is 254 g/mol. The third kappa shape index (κ3) is 2.43. The first kappa shape index (κ1) is 11.7. The second kappa shape index (κ2) is 5.11. The van der Waals surface area contributed by atoms with Gasteiger partial charge in [0.1, 0.15) is 12.7 Å². The van der Waals surface area contributed by atoms with Crippen LogP contribution in [0.4, 0.5) is 0 Å². The first-order valence-electron chi connectivity index (χ1n) is 6.17. The highest BCUT2D eigenvalue weighted by Gasteiger charge is 2.04. The van der Waals surface area contributed by atoms with Crippen LogP contribution >= 0.6 is 0 Å². The van der Waals surface area contributed by atoms with Crippen molar-refractivity contribution in [3.8, 4) is 11.3 Å². The Balaban J connectivity index is 1.95. The quantitative estimate of drug-likeness (QED) is 0.753. The summed E-state index contributed by atoms with van der Waals surface area (Å²) in [5.41, 5.74) is 9.24. The molecule has 0 bridgehead atoms. The summed E-state index contributed by atoms with van der Waals surface area (Å²) >= 11 is 0. The topological polar surface area (TPSA) is 82.0 Å². The monoisotopic (exact) mass is 254 g/mol. The molecular formula is C13H14N6. The van der Waals surface area contributed by atoms with E-state index in [4.69, 9.17) is 5.73 Å². The van der Waals surface area contributed by atoms with E-state index in [1.807, 2.05) is 18.2 Å². The zero-order valence-corrected chi connectivity index (χ0v) is 10.4. The highest BCUT2D eigenvalue weighted by Crippen LogP contribution is 2.18. The van der Waals surface area contributed by atoms with Gasteiger partial charge >= 0.3 is 0 Å². The van der Waals surface area contributed by atoms with E-state index >= 15 is 0 Å². The molecule has 0 radical (unpaired) electrons. The Morgan fingerprint density at radius 1 is 1.16 bits per heavy atom. The van der Waals surface area contributed by atoms with Crippen molar-refractivity contribution < 1.29 is 0 Å². The molecule has 96 valence electrons. The van der Waals surface area contributed by atoms with Crippen LogP contribution in [0.3, 0.4) is 0 Å². The molecule has 3 rings (SSSR count). The van der Waals surface area contributed by atoms with Crippen LogP contribution in [0.25, 0.3) is 16.9 Å². The first-order chi connectivity index (χ1) is 9.36. The van der Waals surface area contributed by atoms with Gasteiger partial charge in [0, 0.05) is 23.5 Å². The van der Waals surface area contributed by atoms with Gasteiger partial charge in [-0.05, 0) is 31.5 Å². The van der Waals surface area contributed by atoms with E-state index in [0.29, 0.717) is 6.54 Å². The highest BCUT2D eigenvalue weighted by atomic mass is 15.3. The molecule has 0 atom stereocenters. The molecule has 0 aromatic carbocycles. The van der Waals surface area contributed by atoms with Gasteiger partial charge in [-0.2, -0.15) is 5.10 Å². The van der Waals surface area contributed by atoms with E-state index in [2.05, 4.69) is 20.1 Å². The van der Waals surface area contributed by atoms with Crippen LogP contribution in [-0.4, -0.2) is 31.1 Å². The number of aryl methyl sites for hydroxylation is 1. The van der Waals surface area contributed by atoms with E-state index in [9.17, 15) is 0 Å². The fourth-order valence-electron chi connectivity index (χ4n) is 1.94. The number of aromatic nitrogens is 5. The van der Waals surface area contributed by atoms with Gasteiger partial charge in [0.05, 0.1) is 5.69 Å². The van der Waals surface area contributed by atoms with Crippen LogP contribution in [-0.2, 0) is 6.42 Å². The Morgan fingerprint density at radius 3 is 3.00 bits per heavy atom. The Kier molecular flexibility index (Phi) is 3.16. The highest BCUT2D eigenvalue weighted by molar-refractivity contribution is 5.62. The van der Waals surface area contributed by atoms with Gasteiger partial charge in [-0.25, -0.2) is 14.5 Å². The summed E-state index contributed by atoms with van der Waals surface area (Å²) in [7, 11) is 0. The van der Waals surface area contributed by atoms with Crippen LogP contribution in [0.1, 0.15) is 12.1 Å². The van der Waals surface area contributed by atoms with Crippen LogP contribution < -0.4 is 5.73 Å². The Hall–Kier alpha value is -2.34. The van der Waals surface area contributed by atoms with Gasteiger partial charge in [-0.1, -0.05) is 0 Å². The summed E-state index contributed by atoms with van der Waals surface area (Å²) in [5.74, 6) is 0. The fraction of sp³-hybridized carbons (Fsp3) is 0.231. The lowest BCUT2D eigenvalue weighted by Gasteiger charge is -2.04. The summed E-state index contributed by atoms with van der Waals surface area (Å²) in [5, 5.41) is 4.03. The molecule has 0 unspecified atom stereocenters. The number of hydrogen-bond donors (Lipinski definition) is 1. The molecule has 3 aromatic rings. The predicted molar refractivity (Wildman–Crippen MR) is 71.4 cm³/mol. The second-order valence-electron chi connectivity index (χ2n) is 4.27. The van der Waals surface area contributed by atoms with Gasteiger partial charge in [0.2, 0.25) is 0 Å². The summed E-state index contributed by atoms with van der Waals surface area (Å²) in [4.78, 5) is 12.9. The number of rotatable bonds is 4. The molecule has 19 heavy (non-hydrogen) atoms. The molecule has 2 N–H and O–H groups in total. The van der Waals surface area contributed by atoms with Crippen LogP contribution in [0.15, 0.2) is 37.1 Å². The third-order valence-corrected chi connectivity index (χ3v) is 2.92. The maximum atomic E-state index is 5.52. The van der Waals surface area contributed by atoms with Crippen molar-refractivity contribution in [2.45, 2.75) is 12.8 Å². The average Bonchev–Trinajstić information content (AvgIpc) is 2.92.